The first-order chi connectivity index (χ1) is 13.3. The summed E-state index contributed by atoms with van der Waals surface area (Å²) in [5.41, 5.74) is 0.779. The van der Waals surface area contributed by atoms with Crippen molar-refractivity contribution in [1.29, 1.82) is 0 Å². The largest absolute Gasteiger partial charge is 0.495 e. The molecule has 0 saturated carbocycles. The lowest BCUT2D eigenvalue weighted by Crippen LogP contribution is -2.35. The highest BCUT2D eigenvalue weighted by molar-refractivity contribution is 7.89. The van der Waals surface area contributed by atoms with Crippen LogP contribution in [-0.4, -0.2) is 28.4 Å². The van der Waals surface area contributed by atoms with Gasteiger partial charge < -0.3 is 14.2 Å². The molecule has 0 bridgehead atoms. The summed E-state index contributed by atoms with van der Waals surface area (Å²) in [6.07, 6.45) is 0.378. The second kappa shape index (κ2) is 11.3. The molecule has 2 rings (SSSR count). The normalized spacial score (nSPS) is 13.1. The molecule has 162 valence electrons. The Kier molecular flexibility index (Phi) is 9.72. The zero-order chi connectivity index (χ0) is 20.7. The van der Waals surface area contributed by atoms with Gasteiger partial charge in [-0.15, -0.1) is 12.4 Å². The molecule has 0 fully saturated rings. The van der Waals surface area contributed by atoms with Gasteiger partial charge in [-0.25, -0.2) is 13.6 Å². The van der Waals surface area contributed by atoms with Crippen LogP contribution in [0.1, 0.15) is 38.8 Å². The van der Waals surface area contributed by atoms with Crippen molar-refractivity contribution in [3.63, 3.8) is 0 Å². The van der Waals surface area contributed by atoms with Crippen LogP contribution in [0.2, 0.25) is 0 Å². The highest BCUT2D eigenvalue weighted by Crippen LogP contribution is 2.30. The van der Waals surface area contributed by atoms with E-state index in [9.17, 15) is 8.42 Å². The molecule has 0 amide bonds. The third-order valence-electron chi connectivity index (χ3n) is 4.19. The molecule has 0 aromatic heterocycles. The molecule has 29 heavy (non-hydrogen) atoms. The number of benzene rings is 2. The van der Waals surface area contributed by atoms with Crippen LogP contribution in [0.4, 0.5) is 0 Å². The average molecular weight is 445 g/mol. The van der Waals surface area contributed by atoms with Gasteiger partial charge in [-0.3, -0.25) is 5.32 Å². The van der Waals surface area contributed by atoms with E-state index in [0.717, 1.165) is 12.0 Å². The molecule has 0 unspecified atom stereocenters. The van der Waals surface area contributed by atoms with Gasteiger partial charge in [0.15, 0.2) is 11.5 Å². The van der Waals surface area contributed by atoms with Crippen molar-refractivity contribution >= 4 is 22.4 Å². The lowest BCUT2D eigenvalue weighted by Gasteiger charge is -2.25. The quantitative estimate of drug-likeness (QED) is 0.543. The third kappa shape index (κ3) is 6.78. The van der Waals surface area contributed by atoms with Gasteiger partial charge in [-0.05, 0) is 50.1 Å². The van der Waals surface area contributed by atoms with Crippen LogP contribution < -0.4 is 24.7 Å². The molecule has 2 aromatic carbocycles. The summed E-state index contributed by atoms with van der Waals surface area (Å²) in [6.45, 7) is 6.34. The van der Waals surface area contributed by atoms with Crippen molar-refractivity contribution in [1.82, 2.24) is 5.32 Å². The molecular weight excluding hydrogens is 416 g/mol. The predicted octanol–water partition coefficient (Wildman–Crippen LogP) is 3.63. The van der Waals surface area contributed by atoms with Crippen LogP contribution in [0.5, 0.6) is 17.2 Å². The number of nitrogens with one attached hydrogen (secondary N) is 1. The van der Waals surface area contributed by atoms with Gasteiger partial charge in [0.1, 0.15) is 16.9 Å². The van der Waals surface area contributed by atoms with E-state index in [4.69, 9.17) is 19.3 Å². The molecule has 0 spiro atoms. The number of sulfonamides is 1. The molecule has 0 heterocycles. The molecule has 0 aliphatic rings. The predicted molar refractivity (Wildman–Crippen MR) is 115 cm³/mol. The number of halogens is 1. The first-order valence-corrected chi connectivity index (χ1v) is 10.7. The zero-order valence-corrected chi connectivity index (χ0v) is 18.7. The molecule has 2 atom stereocenters. The molecule has 9 heteroatoms. The Morgan fingerprint density at radius 2 is 1.72 bits per heavy atom. The van der Waals surface area contributed by atoms with Gasteiger partial charge in [0.05, 0.1) is 13.7 Å². The Morgan fingerprint density at radius 3 is 2.28 bits per heavy atom. The van der Waals surface area contributed by atoms with Gasteiger partial charge in [0.2, 0.25) is 10.0 Å². The fourth-order valence-electron chi connectivity index (χ4n) is 2.91. The first kappa shape index (κ1) is 25.0. The number of nitrogens with two attached hydrogens (primary N) is 1. The van der Waals surface area contributed by atoms with Gasteiger partial charge in [0.25, 0.3) is 0 Å². The van der Waals surface area contributed by atoms with E-state index in [2.05, 4.69) is 5.32 Å². The van der Waals surface area contributed by atoms with E-state index < -0.39 is 10.0 Å². The molecule has 0 radical (unpaired) electrons. The third-order valence-corrected chi connectivity index (χ3v) is 5.13. The van der Waals surface area contributed by atoms with Gasteiger partial charge in [-0.1, -0.05) is 25.1 Å². The fraction of sp³-hybridized carbons (Fsp3) is 0.400. The Morgan fingerprint density at radius 1 is 1.07 bits per heavy atom. The average Bonchev–Trinajstić information content (AvgIpc) is 2.66. The topological polar surface area (TPSA) is 99.9 Å². The van der Waals surface area contributed by atoms with Gasteiger partial charge >= 0.3 is 0 Å². The smallest absolute Gasteiger partial charge is 0.241 e. The zero-order valence-electron chi connectivity index (χ0n) is 17.0. The van der Waals surface area contributed by atoms with Crippen LogP contribution in [0.3, 0.4) is 0 Å². The Balaban J connectivity index is 0.00000420. The highest BCUT2D eigenvalue weighted by atomic mass is 35.5. The lowest BCUT2D eigenvalue weighted by molar-refractivity contribution is 0.156. The molecule has 7 nitrogen and oxygen atoms in total. The van der Waals surface area contributed by atoms with Crippen LogP contribution in [0.25, 0.3) is 0 Å². The van der Waals surface area contributed by atoms with Crippen molar-refractivity contribution in [2.24, 2.45) is 5.14 Å². The maximum absolute atomic E-state index is 11.9. The lowest BCUT2D eigenvalue weighted by atomic mass is 10.0. The SMILES string of the molecule is CCOc1ccccc1O[C@H](C)N[C@H](CC)c1ccc(OC)c(S(N)(=O)=O)c1.Cl. The van der Waals surface area contributed by atoms with Crippen LogP contribution >= 0.6 is 12.4 Å². The minimum atomic E-state index is -3.90. The van der Waals surface area contributed by atoms with Crippen molar-refractivity contribution < 1.29 is 22.6 Å². The second-order valence-corrected chi connectivity index (χ2v) is 7.75. The molecular formula is C20H29ClN2O5S. The number of hydrogen-bond acceptors (Lipinski definition) is 6. The summed E-state index contributed by atoms with van der Waals surface area (Å²) in [5.74, 6) is 1.53. The molecule has 0 saturated heterocycles. The minimum Gasteiger partial charge on any atom is -0.495 e. The fourth-order valence-corrected chi connectivity index (χ4v) is 3.64. The van der Waals surface area contributed by atoms with Crippen molar-refractivity contribution in [2.75, 3.05) is 13.7 Å². The Labute approximate surface area is 179 Å². The summed E-state index contributed by atoms with van der Waals surface area (Å²) in [4.78, 5) is -0.0389. The van der Waals surface area contributed by atoms with Crippen molar-refractivity contribution in [2.45, 2.75) is 44.4 Å². The summed E-state index contributed by atoms with van der Waals surface area (Å²) in [6, 6.07) is 12.3. The summed E-state index contributed by atoms with van der Waals surface area (Å²) < 4.78 is 40.4. The number of rotatable bonds is 10. The number of methoxy groups -OCH3 is 1. The van der Waals surface area contributed by atoms with E-state index in [1.54, 1.807) is 6.07 Å². The van der Waals surface area contributed by atoms with Crippen LogP contribution in [-0.2, 0) is 10.0 Å². The molecule has 0 aliphatic heterocycles. The second-order valence-electron chi connectivity index (χ2n) is 6.22. The first-order valence-electron chi connectivity index (χ1n) is 9.15. The summed E-state index contributed by atoms with van der Waals surface area (Å²) in [7, 11) is -2.49. The molecule has 0 aliphatic carbocycles. The Bertz CT molecular complexity index is 892. The van der Waals surface area contributed by atoms with Gasteiger partial charge in [0, 0.05) is 6.04 Å². The number of primary sulfonamides is 1. The standard InChI is InChI=1S/C20H28N2O5S.ClH/c1-5-16(15-11-12-19(25-4)20(13-15)28(21,23)24)22-14(3)27-18-10-8-7-9-17(18)26-6-2;/h7-14,16,22H,5-6H2,1-4H3,(H2,21,23,24);1H/t14-,16-;/m1./s1. The number of hydrogen-bond donors (Lipinski definition) is 2. The van der Waals surface area contributed by atoms with Gasteiger partial charge in [-0.2, -0.15) is 0 Å². The molecule has 2 aromatic rings. The maximum Gasteiger partial charge on any atom is 0.241 e. The van der Waals surface area contributed by atoms with E-state index >= 15 is 0 Å². The number of para-hydroxylation sites is 2. The summed E-state index contributed by atoms with van der Waals surface area (Å²) >= 11 is 0. The number of ether oxygens (including phenoxy) is 3. The maximum atomic E-state index is 11.9. The van der Waals surface area contributed by atoms with Crippen molar-refractivity contribution in [3.05, 3.63) is 48.0 Å². The van der Waals surface area contributed by atoms with E-state index in [1.165, 1.54) is 13.2 Å². The van der Waals surface area contributed by atoms with E-state index in [-0.39, 0.29) is 35.3 Å². The molecule has 3 N–H and O–H groups in total. The van der Waals surface area contributed by atoms with Crippen LogP contribution in [0, 0.1) is 0 Å². The van der Waals surface area contributed by atoms with E-state index in [0.29, 0.717) is 18.1 Å². The highest BCUT2D eigenvalue weighted by Gasteiger charge is 2.20. The van der Waals surface area contributed by atoms with E-state index in [1.807, 2.05) is 51.1 Å². The summed E-state index contributed by atoms with van der Waals surface area (Å²) in [5, 5.41) is 8.69. The van der Waals surface area contributed by atoms with Crippen molar-refractivity contribution in [3.8, 4) is 17.2 Å². The minimum absolute atomic E-state index is 0. The Hall–Kier alpha value is -2.00. The van der Waals surface area contributed by atoms with Crippen LogP contribution in [0.15, 0.2) is 47.4 Å². The monoisotopic (exact) mass is 444 g/mol.